The normalized spacial score (nSPS) is 18.5. The molecule has 0 aromatic heterocycles. The van der Waals surface area contributed by atoms with Gasteiger partial charge in [0, 0.05) is 16.7 Å². The van der Waals surface area contributed by atoms with E-state index in [4.69, 9.17) is 5.84 Å². The average molecular weight is 254 g/mol. The molecule has 0 spiro atoms. The number of nitrogens with two attached hydrogens (primary N) is 1. The van der Waals surface area contributed by atoms with E-state index in [1.165, 1.54) is 31.7 Å². The van der Waals surface area contributed by atoms with Gasteiger partial charge < -0.3 is 0 Å². The monoisotopic (exact) mass is 254 g/mol. The lowest BCUT2D eigenvalue weighted by atomic mass is 10.0. The molecular formula is C13H19FN2S. The van der Waals surface area contributed by atoms with Crippen LogP contribution in [0.1, 0.15) is 25.7 Å². The number of hydrogen-bond acceptors (Lipinski definition) is 3. The molecule has 2 rings (SSSR count). The quantitative estimate of drug-likeness (QED) is 0.482. The number of nitrogens with one attached hydrogen (secondary N) is 1. The van der Waals surface area contributed by atoms with E-state index < -0.39 is 0 Å². The number of hydrazine groups is 1. The van der Waals surface area contributed by atoms with Crippen LogP contribution in [0.5, 0.6) is 0 Å². The Bertz CT molecular complexity index is 353. The SMILES string of the molecule is NNC(CSc1ccccc1F)C1CCCC1. The summed E-state index contributed by atoms with van der Waals surface area (Å²) in [6.45, 7) is 0. The third kappa shape index (κ3) is 3.44. The molecule has 17 heavy (non-hydrogen) atoms. The maximum absolute atomic E-state index is 13.4. The van der Waals surface area contributed by atoms with E-state index in [1.807, 2.05) is 12.1 Å². The van der Waals surface area contributed by atoms with E-state index in [-0.39, 0.29) is 5.82 Å². The summed E-state index contributed by atoms with van der Waals surface area (Å²) < 4.78 is 13.4. The first-order valence-corrected chi connectivity index (χ1v) is 7.13. The molecule has 1 fully saturated rings. The predicted octanol–water partition coefficient (Wildman–Crippen LogP) is 2.94. The molecule has 1 aliphatic rings. The molecule has 1 atom stereocenters. The van der Waals surface area contributed by atoms with Crippen LogP contribution in [0.4, 0.5) is 4.39 Å². The molecule has 1 saturated carbocycles. The van der Waals surface area contributed by atoms with Gasteiger partial charge in [-0.2, -0.15) is 0 Å². The van der Waals surface area contributed by atoms with Gasteiger partial charge in [-0.3, -0.25) is 11.3 Å². The highest BCUT2D eigenvalue weighted by atomic mass is 32.2. The van der Waals surface area contributed by atoms with Crippen molar-refractivity contribution in [1.29, 1.82) is 0 Å². The van der Waals surface area contributed by atoms with Gasteiger partial charge in [0.2, 0.25) is 0 Å². The molecule has 1 aromatic rings. The maximum atomic E-state index is 13.4. The first kappa shape index (κ1) is 12.9. The summed E-state index contributed by atoms with van der Waals surface area (Å²) in [5.41, 5.74) is 2.89. The van der Waals surface area contributed by atoms with Crippen molar-refractivity contribution < 1.29 is 4.39 Å². The minimum absolute atomic E-state index is 0.139. The second kappa shape index (κ2) is 6.38. The summed E-state index contributed by atoms with van der Waals surface area (Å²) in [6.07, 6.45) is 5.08. The van der Waals surface area contributed by atoms with Crippen LogP contribution in [0, 0.1) is 11.7 Å². The zero-order valence-electron chi connectivity index (χ0n) is 9.86. The van der Waals surface area contributed by atoms with Gasteiger partial charge >= 0.3 is 0 Å². The molecule has 0 aliphatic heterocycles. The van der Waals surface area contributed by atoms with E-state index in [9.17, 15) is 4.39 Å². The predicted molar refractivity (Wildman–Crippen MR) is 70.2 cm³/mol. The lowest BCUT2D eigenvalue weighted by molar-refractivity contribution is 0.393. The Morgan fingerprint density at radius 3 is 2.71 bits per heavy atom. The Hall–Kier alpha value is -0.580. The third-order valence-electron chi connectivity index (χ3n) is 3.44. The summed E-state index contributed by atoms with van der Waals surface area (Å²) in [4.78, 5) is 0.714. The van der Waals surface area contributed by atoms with Gasteiger partial charge in [-0.05, 0) is 30.9 Å². The van der Waals surface area contributed by atoms with Crippen LogP contribution < -0.4 is 11.3 Å². The molecule has 0 radical (unpaired) electrons. The molecule has 94 valence electrons. The summed E-state index contributed by atoms with van der Waals surface area (Å²) in [7, 11) is 0. The van der Waals surface area contributed by atoms with E-state index in [1.54, 1.807) is 17.8 Å². The fraction of sp³-hybridized carbons (Fsp3) is 0.538. The third-order valence-corrected chi connectivity index (χ3v) is 4.61. The van der Waals surface area contributed by atoms with Crippen molar-refractivity contribution in [3.63, 3.8) is 0 Å². The molecule has 0 saturated heterocycles. The van der Waals surface area contributed by atoms with Crippen molar-refractivity contribution in [3.8, 4) is 0 Å². The highest BCUT2D eigenvalue weighted by molar-refractivity contribution is 7.99. The Labute approximate surface area is 106 Å². The minimum Gasteiger partial charge on any atom is -0.271 e. The second-order valence-electron chi connectivity index (χ2n) is 4.56. The Morgan fingerprint density at radius 1 is 1.35 bits per heavy atom. The van der Waals surface area contributed by atoms with Crippen molar-refractivity contribution in [2.24, 2.45) is 11.8 Å². The van der Waals surface area contributed by atoms with Gasteiger partial charge in [0.05, 0.1) is 0 Å². The first-order chi connectivity index (χ1) is 8.31. The first-order valence-electron chi connectivity index (χ1n) is 6.14. The van der Waals surface area contributed by atoms with Crippen LogP contribution in [0.25, 0.3) is 0 Å². The average Bonchev–Trinajstić information content (AvgIpc) is 2.86. The molecule has 0 heterocycles. The maximum Gasteiger partial charge on any atom is 0.136 e. The van der Waals surface area contributed by atoms with Crippen LogP contribution in [-0.2, 0) is 0 Å². The van der Waals surface area contributed by atoms with Crippen molar-refractivity contribution >= 4 is 11.8 Å². The molecular weight excluding hydrogens is 235 g/mol. The standard InChI is InChI=1S/C13H19FN2S/c14-11-7-3-4-8-13(11)17-9-12(16-15)10-5-1-2-6-10/h3-4,7-8,10,12,16H,1-2,5-6,9,15H2. The zero-order valence-corrected chi connectivity index (χ0v) is 10.7. The van der Waals surface area contributed by atoms with Gasteiger partial charge in [0.25, 0.3) is 0 Å². The summed E-state index contributed by atoms with van der Waals surface area (Å²) in [5, 5.41) is 0. The van der Waals surface area contributed by atoms with Gasteiger partial charge in [-0.15, -0.1) is 11.8 Å². The van der Waals surface area contributed by atoms with E-state index in [2.05, 4.69) is 5.43 Å². The smallest absolute Gasteiger partial charge is 0.136 e. The molecule has 1 aromatic carbocycles. The molecule has 0 bridgehead atoms. The number of thioether (sulfide) groups is 1. The van der Waals surface area contributed by atoms with Crippen molar-refractivity contribution in [2.75, 3.05) is 5.75 Å². The van der Waals surface area contributed by atoms with E-state index >= 15 is 0 Å². The summed E-state index contributed by atoms with van der Waals surface area (Å²) >= 11 is 1.55. The molecule has 0 amide bonds. The van der Waals surface area contributed by atoms with Gasteiger partial charge in [0.1, 0.15) is 5.82 Å². The highest BCUT2D eigenvalue weighted by Gasteiger charge is 2.24. The van der Waals surface area contributed by atoms with Crippen LogP contribution in [0.2, 0.25) is 0 Å². The van der Waals surface area contributed by atoms with Crippen LogP contribution in [0.15, 0.2) is 29.2 Å². The Kier molecular flexibility index (Phi) is 4.83. The van der Waals surface area contributed by atoms with Crippen LogP contribution in [-0.4, -0.2) is 11.8 Å². The molecule has 4 heteroatoms. The summed E-state index contributed by atoms with van der Waals surface area (Å²) in [5.74, 6) is 6.95. The second-order valence-corrected chi connectivity index (χ2v) is 5.62. The van der Waals surface area contributed by atoms with Crippen molar-refractivity contribution in [3.05, 3.63) is 30.1 Å². The lowest BCUT2D eigenvalue weighted by Gasteiger charge is -2.22. The highest BCUT2D eigenvalue weighted by Crippen LogP contribution is 2.31. The molecule has 1 unspecified atom stereocenters. The Balaban J connectivity index is 1.89. The van der Waals surface area contributed by atoms with Gasteiger partial charge in [-0.1, -0.05) is 25.0 Å². The van der Waals surface area contributed by atoms with Crippen LogP contribution in [0.3, 0.4) is 0 Å². The van der Waals surface area contributed by atoms with Crippen molar-refractivity contribution in [1.82, 2.24) is 5.43 Å². The number of halogens is 1. The molecule has 3 N–H and O–H groups in total. The van der Waals surface area contributed by atoms with Gasteiger partial charge in [0.15, 0.2) is 0 Å². The minimum atomic E-state index is -0.139. The fourth-order valence-corrected chi connectivity index (χ4v) is 3.53. The topological polar surface area (TPSA) is 38.0 Å². The summed E-state index contributed by atoms with van der Waals surface area (Å²) in [6, 6.07) is 7.20. The van der Waals surface area contributed by atoms with Crippen molar-refractivity contribution in [2.45, 2.75) is 36.6 Å². The fourth-order valence-electron chi connectivity index (χ4n) is 2.42. The number of benzene rings is 1. The number of rotatable bonds is 5. The van der Waals surface area contributed by atoms with E-state index in [0.717, 1.165) is 5.75 Å². The van der Waals surface area contributed by atoms with Crippen LogP contribution >= 0.6 is 11.8 Å². The molecule has 2 nitrogen and oxygen atoms in total. The zero-order chi connectivity index (χ0) is 12.1. The van der Waals surface area contributed by atoms with E-state index in [0.29, 0.717) is 16.9 Å². The number of hydrogen-bond donors (Lipinski definition) is 2. The Morgan fingerprint density at radius 2 is 2.06 bits per heavy atom. The largest absolute Gasteiger partial charge is 0.271 e. The lowest BCUT2D eigenvalue weighted by Crippen LogP contribution is -2.41. The molecule has 1 aliphatic carbocycles. The van der Waals surface area contributed by atoms with Gasteiger partial charge in [-0.25, -0.2) is 4.39 Å².